The van der Waals surface area contributed by atoms with E-state index in [1.165, 1.54) is 10.1 Å². The van der Waals surface area contributed by atoms with Crippen LogP contribution in [0.3, 0.4) is 0 Å². The van der Waals surface area contributed by atoms with Crippen molar-refractivity contribution in [3.8, 4) is 0 Å². The second kappa shape index (κ2) is 9.16. The van der Waals surface area contributed by atoms with Gasteiger partial charge in [-0.3, -0.25) is 14.4 Å². The predicted octanol–water partition coefficient (Wildman–Crippen LogP) is 2.95. The van der Waals surface area contributed by atoms with Gasteiger partial charge in [0.05, 0.1) is 6.04 Å². The van der Waals surface area contributed by atoms with Gasteiger partial charge in [0, 0.05) is 12.1 Å². The Morgan fingerprint density at radius 2 is 1.70 bits per heavy atom. The van der Waals surface area contributed by atoms with Crippen LogP contribution in [0.5, 0.6) is 0 Å². The predicted molar refractivity (Wildman–Crippen MR) is 107 cm³/mol. The van der Waals surface area contributed by atoms with Gasteiger partial charge in [-0.15, -0.1) is 0 Å². The first-order chi connectivity index (χ1) is 12.8. The van der Waals surface area contributed by atoms with E-state index in [0.29, 0.717) is 5.69 Å². The summed E-state index contributed by atoms with van der Waals surface area (Å²) < 4.78 is 1.37. The first kappa shape index (κ1) is 20.4. The Kier molecular flexibility index (Phi) is 6.93. The number of aryl methyl sites for hydroxylation is 2. The molecule has 0 radical (unpaired) electrons. The lowest BCUT2D eigenvalue weighted by Gasteiger charge is -2.17. The summed E-state index contributed by atoms with van der Waals surface area (Å²) >= 11 is 0. The molecule has 1 atom stereocenters. The molecule has 1 aromatic carbocycles. The van der Waals surface area contributed by atoms with Crippen LogP contribution >= 0.6 is 0 Å². The molecule has 144 valence electrons. The number of hydrogen-bond donors (Lipinski definition) is 2. The van der Waals surface area contributed by atoms with Crippen molar-refractivity contribution in [2.75, 3.05) is 5.32 Å². The van der Waals surface area contributed by atoms with Crippen LogP contribution in [-0.2, 0) is 22.6 Å². The maximum atomic E-state index is 12.6. The standard InChI is InChI=1S/C21H27N3O3/c1-5-16-8-10-17(11-9-16)15(4)22-20(26)13-24-14(3)7-12-18(21(24)27)23-19(25)6-2/h7-12,15H,5-6,13H2,1-4H3,(H,22,26)(H,23,25)/t15-/m1/s1. The summed E-state index contributed by atoms with van der Waals surface area (Å²) in [5, 5.41) is 5.50. The third-order valence-electron chi connectivity index (χ3n) is 4.55. The Morgan fingerprint density at radius 3 is 2.30 bits per heavy atom. The minimum Gasteiger partial charge on any atom is -0.348 e. The van der Waals surface area contributed by atoms with Gasteiger partial charge in [0.15, 0.2) is 0 Å². The van der Waals surface area contributed by atoms with E-state index in [2.05, 4.69) is 17.6 Å². The lowest BCUT2D eigenvalue weighted by molar-refractivity contribution is -0.122. The molecule has 1 aromatic heterocycles. The fourth-order valence-corrected chi connectivity index (χ4v) is 2.76. The third-order valence-corrected chi connectivity index (χ3v) is 4.55. The van der Waals surface area contributed by atoms with Crippen LogP contribution in [0.2, 0.25) is 0 Å². The van der Waals surface area contributed by atoms with Gasteiger partial charge in [-0.2, -0.15) is 0 Å². The van der Waals surface area contributed by atoms with Gasteiger partial charge < -0.3 is 15.2 Å². The number of carbonyl (C=O) groups excluding carboxylic acids is 2. The second-order valence-electron chi connectivity index (χ2n) is 6.57. The maximum Gasteiger partial charge on any atom is 0.274 e. The normalized spacial score (nSPS) is 11.7. The zero-order valence-electron chi connectivity index (χ0n) is 16.3. The molecule has 6 heteroatoms. The summed E-state index contributed by atoms with van der Waals surface area (Å²) in [6.45, 7) is 7.37. The van der Waals surface area contributed by atoms with Crippen molar-refractivity contribution >= 4 is 17.5 Å². The van der Waals surface area contributed by atoms with Gasteiger partial charge in [-0.25, -0.2) is 0 Å². The summed E-state index contributed by atoms with van der Waals surface area (Å²) in [5.74, 6) is -0.498. The number of pyridine rings is 1. The van der Waals surface area contributed by atoms with E-state index in [1.54, 1.807) is 26.0 Å². The van der Waals surface area contributed by atoms with E-state index in [1.807, 2.05) is 31.2 Å². The monoisotopic (exact) mass is 369 g/mol. The molecule has 0 spiro atoms. The quantitative estimate of drug-likeness (QED) is 0.787. The highest BCUT2D eigenvalue weighted by Gasteiger charge is 2.14. The third kappa shape index (κ3) is 5.29. The molecular weight excluding hydrogens is 342 g/mol. The van der Waals surface area contributed by atoms with E-state index in [0.717, 1.165) is 12.0 Å². The van der Waals surface area contributed by atoms with Crippen molar-refractivity contribution < 1.29 is 9.59 Å². The topological polar surface area (TPSA) is 80.2 Å². The highest BCUT2D eigenvalue weighted by molar-refractivity contribution is 5.90. The van der Waals surface area contributed by atoms with Crippen molar-refractivity contribution in [1.82, 2.24) is 9.88 Å². The minimum absolute atomic E-state index is 0.0993. The minimum atomic E-state index is -0.382. The second-order valence-corrected chi connectivity index (χ2v) is 6.57. The molecule has 0 saturated carbocycles. The van der Waals surface area contributed by atoms with Crippen molar-refractivity contribution in [3.63, 3.8) is 0 Å². The molecule has 0 aliphatic rings. The molecule has 0 fully saturated rings. The SMILES string of the molecule is CCC(=O)Nc1ccc(C)n(CC(=O)N[C@H](C)c2ccc(CC)cc2)c1=O. The Morgan fingerprint density at radius 1 is 1.04 bits per heavy atom. The number of hydrogen-bond acceptors (Lipinski definition) is 3. The number of nitrogens with zero attached hydrogens (tertiary/aromatic N) is 1. The van der Waals surface area contributed by atoms with Gasteiger partial charge in [0.2, 0.25) is 11.8 Å². The van der Waals surface area contributed by atoms with Gasteiger partial charge in [0.25, 0.3) is 5.56 Å². The maximum absolute atomic E-state index is 12.6. The number of aromatic nitrogens is 1. The van der Waals surface area contributed by atoms with E-state index < -0.39 is 0 Å². The van der Waals surface area contributed by atoms with Gasteiger partial charge in [-0.1, -0.05) is 38.1 Å². The van der Waals surface area contributed by atoms with Crippen molar-refractivity contribution in [2.24, 2.45) is 0 Å². The van der Waals surface area contributed by atoms with Crippen LogP contribution in [0.4, 0.5) is 5.69 Å². The fraction of sp³-hybridized carbons (Fsp3) is 0.381. The van der Waals surface area contributed by atoms with E-state index in [-0.39, 0.29) is 42.1 Å². The molecule has 0 aliphatic carbocycles. The number of carbonyl (C=O) groups is 2. The van der Waals surface area contributed by atoms with Crippen LogP contribution in [0, 0.1) is 6.92 Å². The molecule has 0 bridgehead atoms. The molecular formula is C21H27N3O3. The Labute approximate surface area is 159 Å². The average molecular weight is 369 g/mol. The molecule has 0 aliphatic heterocycles. The summed E-state index contributed by atoms with van der Waals surface area (Å²) in [7, 11) is 0. The number of rotatable bonds is 7. The van der Waals surface area contributed by atoms with Gasteiger partial charge in [0.1, 0.15) is 12.2 Å². The molecule has 27 heavy (non-hydrogen) atoms. The van der Waals surface area contributed by atoms with Crippen LogP contribution in [0.1, 0.15) is 50.1 Å². The highest BCUT2D eigenvalue weighted by Crippen LogP contribution is 2.14. The van der Waals surface area contributed by atoms with Crippen LogP contribution in [0.25, 0.3) is 0 Å². The van der Waals surface area contributed by atoms with Gasteiger partial charge >= 0.3 is 0 Å². The Bertz CT molecular complexity index is 869. The molecule has 2 N–H and O–H groups in total. The molecule has 1 heterocycles. The Balaban J connectivity index is 2.11. The molecule has 2 amide bonds. The fourth-order valence-electron chi connectivity index (χ4n) is 2.76. The molecule has 2 aromatic rings. The van der Waals surface area contributed by atoms with E-state index >= 15 is 0 Å². The van der Waals surface area contributed by atoms with Crippen LogP contribution in [-0.4, -0.2) is 16.4 Å². The summed E-state index contributed by atoms with van der Waals surface area (Å²) in [5.41, 5.74) is 2.71. The lowest BCUT2D eigenvalue weighted by Crippen LogP contribution is -2.35. The zero-order valence-corrected chi connectivity index (χ0v) is 16.3. The number of anilines is 1. The lowest BCUT2D eigenvalue weighted by atomic mass is 10.1. The molecule has 2 rings (SSSR count). The van der Waals surface area contributed by atoms with Crippen molar-refractivity contribution in [2.45, 2.75) is 53.1 Å². The smallest absolute Gasteiger partial charge is 0.274 e. The summed E-state index contributed by atoms with van der Waals surface area (Å²) in [6.07, 6.45) is 1.25. The first-order valence-electron chi connectivity index (χ1n) is 9.24. The van der Waals surface area contributed by atoms with Gasteiger partial charge in [-0.05, 0) is 43.5 Å². The summed E-state index contributed by atoms with van der Waals surface area (Å²) in [4.78, 5) is 36.6. The largest absolute Gasteiger partial charge is 0.348 e. The number of benzene rings is 1. The summed E-state index contributed by atoms with van der Waals surface area (Å²) in [6, 6.07) is 11.2. The zero-order chi connectivity index (χ0) is 20.0. The molecule has 0 unspecified atom stereocenters. The average Bonchev–Trinajstić information content (AvgIpc) is 2.67. The highest BCUT2D eigenvalue weighted by atomic mass is 16.2. The van der Waals surface area contributed by atoms with Crippen molar-refractivity contribution in [3.05, 3.63) is 63.6 Å². The molecule has 0 saturated heterocycles. The van der Waals surface area contributed by atoms with Crippen LogP contribution in [0.15, 0.2) is 41.2 Å². The Hall–Kier alpha value is -2.89. The van der Waals surface area contributed by atoms with E-state index in [9.17, 15) is 14.4 Å². The van der Waals surface area contributed by atoms with Crippen molar-refractivity contribution in [1.29, 1.82) is 0 Å². The first-order valence-corrected chi connectivity index (χ1v) is 9.24. The number of nitrogens with one attached hydrogen (secondary N) is 2. The van der Waals surface area contributed by atoms with Crippen LogP contribution < -0.4 is 16.2 Å². The van der Waals surface area contributed by atoms with E-state index in [4.69, 9.17) is 0 Å². The molecule has 6 nitrogen and oxygen atoms in total. The number of amides is 2.